The van der Waals surface area contributed by atoms with Crippen molar-refractivity contribution in [3.63, 3.8) is 0 Å². The Morgan fingerprint density at radius 2 is 2.24 bits per heavy atom. The van der Waals surface area contributed by atoms with Crippen LogP contribution in [-0.4, -0.2) is 23.1 Å². The molecule has 1 aromatic rings. The van der Waals surface area contributed by atoms with E-state index >= 15 is 0 Å². The molecule has 1 fully saturated rings. The second kappa shape index (κ2) is 6.20. The lowest BCUT2D eigenvalue weighted by molar-refractivity contribution is 0.435. The Morgan fingerprint density at radius 1 is 1.35 bits per heavy atom. The molecular weight excluding hydrogens is 234 g/mol. The van der Waals surface area contributed by atoms with Crippen LogP contribution in [-0.2, 0) is 0 Å². The predicted molar refractivity (Wildman–Crippen MR) is 71.5 cm³/mol. The lowest BCUT2D eigenvalue weighted by atomic mass is 9.96. The minimum Gasteiger partial charge on any atom is -0.355 e. The molecule has 0 bridgehead atoms. The second-order valence-corrected chi connectivity index (χ2v) is 5.16. The number of nitrogens with zero attached hydrogens (tertiary/aromatic N) is 3. The van der Waals surface area contributed by atoms with Gasteiger partial charge in [-0.3, -0.25) is 4.98 Å². The molecule has 1 aliphatic rings. The van der Waals surface area contributed by atoms with E-state index in [1.54, 1.807) is 6.20 Å². The molecule has 17 heavy (non-hydrogen) atoms. The normalized spacial score (nSPS) is 21.3. The van der Waals surface area contributed by atoms with Crippen molar-refractivity contribution in [1.29, 1.82) is 0 Å². The molecule has 0 aliphatic carbocycles. The van der Waals surface area contributed by atoms with Gasteiger partial charge in [0.2, 0.25) is 0 Å². The first kappa shape index (κ1) is 12.6. The largest absolute Gasteiger partial charge is 0.355 e. The summed E-state index contributed by atoms with van der Waals surface area (Å²) in [6, 6.07) is 0. The van der Waals surface area contributed by atoms with Gasteiger partial charge in [0, 0.05) is 13.1 Å². The monoisotopic (exact) mass is 253 g/mol. The van der Waals surface area contributed by atoms with Gasteiger partial charge in [-0.25, -0.2) is 4.98 Å². The van der Waals surface area contributed by atoms with Crippen molar-refractivity contribution in [1.82, 2.24) is 9.97 Å². The lowest BCUT2D eigenvalue weighted by Crippen LogP contribution is -2.25. The highest BCUT2D eigenvalue weighted by Crippen LogP contribution is 2.24. The average molecular weight is 254 g/mol. The summed E-state index contributed by atoms with van der Waals surface area (Å²) in [5.41, 5.74) is 0. The predicted octanol–water partition coefficient (Wildman–Crippen LogP) is 3.54. The zero-order valence-corrected chi connectivity index (χ0v) is 11.2. The van der Waals surface area contributed by atoms with Gasteiger partial charge in [0.25, 0.3) is 0 Å². The summed E-state index contributed by atoms with van der Waals surface area (Å²) in [6.45, 7) is 4.43. The topological polar surface area (TPSA) is 29.0 Å². The number of halogens is 1. The molecule has 1 aromatic heterocycles. The molecule has 0 saturated carbocycles. The fourth-order valence-corrected chi connectivity index (χ4v) is 2.72. The molecule has 1 aliphatic heterocycles. The molecule has 0 amide bonds. The van der Waals surface area contributed by atoms with E-state index in [-0.39, 0.29) is 0 Å². The number of aromatic nitrogens is 2. The molecule has 0 aromatic carbocycles. The van der Waals surface area contributed by atoms with Crippen molar-refractivity contribution in [2.45, 2.75) is 39.0 Å². The van der Waals surface area contributed by atoms with Crippen molar-refractivity contribution in [2.75, 3.05) is 18.0 Å². The molecule has 1 atom stereocenters. The van der Waals surface area contributed by atoms with Crippen LogP contribution < -0.4 is 4.90 Å². The molecule has 0 spiro atoms. The molecule has 1 saturated heterocycles. The Bertz CT molecular complexity index is 356. The zero-order valence-electron chi connectivity index (χ0n) is 10.4. The fourth-order valence-electron chi connectivity index (χ4n) is 2.58. The summed E-state index contributed by atoms with van der Waals surface area (Å²) in [5.74, 6) is 1.81. The van der Waals surface area contributed by atoms with E-state index in [0.717, 1.165) is 24.8 Å². The van der Waals surface area contributed by atoms with Crippen molar-refractivity contribution in [2.24, 2.45) is 5.92 Å². The van der Waals surface area contributed by atoms with Crippen LogP contribution in [0.3, 0.4) is 0 Å². The van der Waals surface area contributed by atoms with Gasteiger partial charge in [0.1, 0.15) is 11.0 Å². The van der Waals surface area contributed by atoms with E-state index in [1.165, 1.54) is 32.1 Å². The highest BCUT2D eigenvalue weighted by Gasteiger charge is 2.17. The molecule has 0 N–H and O–H groups in total. The average Bonchev–Trinajstić information content (AvgIpc) is 2.55. The number of anilines is 1. The van der Waals surface area contributed by atoms with Crippen LogP contribution in [0.1, 0.15) is 39.0 Å². The molecule has 2 heterocycles. The standard InChI is InChI=1S/C13H20ClN3/c1-2-4-11-5-3-7-17(8-6-11)13-10-15-9-12(14)16-13/h9-11H,2-8H2,1H3. The van der Waals surface area contributed by atoms with Crippen LogP contribution in [0.5, 0.6) is 0 Å². The zero-order chi connectivity index (χ0) is 12.1. The SMILES string of the molecule is CCCC1CCCN(c2cncc(Cl)n2)CC1. The van der Waals surface area contributed by atoms with Crippen LogP contribution in [0.2, 0.25) is 5.15 Å². The summed E-state index contributed by atoms with van der Waals surface area (Å²) < 4.78 is 0. The lowest BCUT2D eigenvalue weighted by Gasteiger charge is -2.21. The first-order valence-corrected chi connectivity index (χ1v) is 6.90. The van der Waals surface area contributed by atoms with Gasteiger partial charge in [-0.1, -0.05) is 31.4 Å². The van der Waals surface area contributed by atoms with E-state index in [0.29, 0.717) is 5.15 Å². The first-order valence-electron chi connectivity index (χ1n) is 6.52. The summed E-state index contributed by atoms with van der Waals surface area (Å²) in [7, 11) is 0. The molecule has 1 unspecified atom stereocenters. The van der Waals surface area contributed by atoms with Gasteiger partial charge in [-0.15, -0.1) is 0 Å². The Hall–Kier alpha value is -0.830. The highest BCUT2D eigenvalue weighted by molar-refractivity contribution is 6.29. The van der Waals surface area contributed by atoms with Gasteiger partial charge >= 0.3 is 0 Å². The van der Waals surface area contributed by atoms with E-state index in [9.17, 15) is 0 Å². The van der Waals surface area contributed by atoms with E-state index in [4.69, 9.17) is 11.6 Å². The van der Waals surface area contributed by atoms with Crippen molar-refractivity contribution in [3.8, 4) is 0 Å². The Labute approximate surface area is 108 Å². The van der Waals surface area contributed by atoms with Crippen molar-refractivity contribution < 1.29 is 0 Å². The molecule has 0 radical (unpaired) electrons. The molecule has 2 rings (SSSR count). The maximum atomic E-state index is 5.88. The maximum Gasteiger partial charge on any atom is 0.149 e. The van der Waals surface area contributed by atoms with E-state index in [1.807, 2.05) is 6.20 Å². The molecular formula is C13H20ClN3. The summed E-state index contributed by atoms with van der Waals surface area (Å²) in [6.07, 6.45) is 9.91. The second-order valence-electron chi connectivity index (χ2n) is 4.77. The third-order valence-corrected chi connectivity index (χ3v) is 3.64. The van der Waals surface area contributed by atoms with Gasteiger partial charge < -0.3 is 4.90 Å². The molecule has 94 valence electrons. The maximum absolute atomic E-state index is 5.88. The van der Waals surface area contributed by atoms with Crippen LogP contribution >= 0.6 is 11.6 Å². The quantitative estimate of drug-likeness (QED) is 0.825. The van der Waals surface area contributed by atoms with Gasteiger partial charge in [0.05, 0.1) is 12.4 Å². The van der Waals surface area contributed by atoms with Gasteiger partial charge in [-0.2, -0.15) is 0 Å². The smallest absolute Gasteiger partial charge is 0.149 e. The van der Waals surface area contributed by atoms with Crippen LogP contribution in [0.15, 0.2) is 12.4 Å². The van der Waals surface area contributed by atoms with Crippen molar-refractivity contribution in [3.05, 3.63) is 17.5 Å². The number of hydrogen-bond acceptors (Lipinski definition) is 3. The minimum absolute atomic E-state index is 0.483. The third kappa shape index (κ3) is 3.56. The Kier molecular flexibility index (Phi) is 4.60. The highest BCUT2D eigenvalue weighted by atomic mass is 35.5. The number of hydrogen-bond donors (Lipinski definition) is 0. The van der Waals surface area contributed by atoms with Crippen molar-refractivity contribution >= 4 is 17.4 Å². The third-order valence-electron chi connectivity index (χ3n) is 3.46. The molecule has 3 nitrogen and oxygen atoms in total. The number of rotatable bonds is 3. The van der Waals surface area contributed by atoms with E-state index in [2.05, 4.69) is 21.8 Å². The summed E-state index contributed by atoms with van der Waals surface area (Å²) in [5, 5.41) is 0.483. The summed E-state index contributed by atoms with van der Waals surface area (Å²) in [4.78, 5) is 10.8. The first-order chi connectivity index (χ1) is 8.29. The van der Waals surface area contributed by atoms with Gasteiger partial charge in [-0.05, 0) is 25.2 Å². The van der Waals surface area contributed by atoms with Crippen LogP contribution in [0, 0.1) is 5.92 Å². The molecule has 4 heteroatoms. The van der Waals surface area contributed by atoms with Gasteiger partial charge in [0.15, 0.2) is 0 Å². The minimum atomic E-state index is 0.483. The fraction of sp³-hybridized carbons (Fsp3) is 0.692. The van der Waals surface area contributed by atoms with Crippen LogP contribution in [0.25, 0.3) is 0 Å². The Morgan fingerprint density at radius 3 is 3.00 bits per heavy atom. The van der Waals surface area contributed by atoms with E-state index < -0.39 is 0 Å². The summed E-state index contributed by atoms with van der Waals surface area (Å²) >= 11 is 5.88. The van der Waals surface area contributed by atoms with Crippen LogP contribution in [0.4, 0.5) is 5.82 Å². The Balaban J connectivity index is 1.99.